The average molecular weight is 489 g/mol. The van der Waals surface area contributed by atoms with Gasteiger partial charge in [0.05, 0.1) is 25.5 Å². The molecule has 1 fully saturated rings. The number of halogens is 5. The van der Waals surface area contributed by atoms with Crippen LogP contribution in [-0.2, 0) is 9.53 Å². The molecular formula is C22H24F5N3O4. The maximum absolute atomic E-state index is 14.4. The van der Waals surface area contributed by atoms with Crippen molar-refractivity contribution in [3.05, 3.63) is 53.4 Å². The zero-order chi connectivity index (χ0) is 25.4. The number of amides is 1. The van der Waals surface area contributed by atoms with Gasteiger partial charge in [-0.05, 0) is 25.1 Å². The van der Waals surface area contributed by atoms with Crippen molar-refractivity contribution in [1.82, 2.24) is 4.98 Å². The smallest absolute Gasteiger partial charge is 0.417 e. The second-order valence-electron chi connectivity index (χ2n) is 8.19. The first-order valence-corrected chi connectivity index (χ1v) is 10.2. The second kappa shape index (κ2) is 9.43. The van der Waals surface area contributed by atoms with Gasteiger partial charge in [-0.3, -0.25) is 9.78 Å². The molecule has 1 unspecified atom stereocenters. The predicted molar refractivity (Wildman–Crippen MR) is 111 cm³/mol. The molecule has 0 bridgehead atoms. The number of aromatic nitrogens is 1. The number of rotatable bonds is 6. The number of hydrogen-bond acceptors (Lipinski definition) is 6. The van der Waals surface area contributed by atoms with Crippen molar-refractivity contribution in [2.75, 3.05) is 19.0 Å². The normalized spacial score (nSPS) is 25.8. The van der Waals surface area contributed by atoms with Gasteiger partial charge in [-0.25, -0.2) is 4.39 Å². The summed E-state index contributed by atoms with van der Waals surface area (Å²) in [4.78, 5) is 17.1. The van der Waals surface area contributed by atoms with Gasteiger partial charge in [0.25, 0.3) is 5.91 Å². The van der Waals surface area contributed by atoms with Crippen LogP contribution in [-0.4, -0.2) is 47.6 Å². The lowest BCUT2D eigenvalue weighted by atomic mass is 9.77. The SMILES string of the molecule is COc1c([C@@H]2[C@@H](C(=O)Nc3ccnc(C(N)CO)c3)O[C@](C)(C(F)(F)F)[C@@H]2C)ccc(F)c1F. The number of nitrogens with zero attached hydrogens (tertiary/aromatic N) is 1. The number of nitrogens with two attached hydrogens (primary N) is 1. The Morgan fingerprint density at radius 2 is 2.03 bits per heavy atom. The minimum Gasteiger partial charge on any atom is -0.493 e. The fraction of sp³-hybridized carbons (Fsp3) is 0.455. The average Bonchev–Trinajstić information content (AvgIpc) is 3.07. The van der Waals surface area contributed by atoms with Gasteiger partial charge < -0.3 is 25.6 Å². The van der Waals surface area contributed by atoms with E-state index in [2.05, 4.69) is 10.3 Å². The van der Waals surface area contributed by atoms with Crippen molar-refractivity contribution in [1.29, 1.82) is 0 Å². The van der Waals surface area contributed by atoms with E-state index in [1.165, 1.54) is 25.3 Å². The van der Waals surface area contributed by atoms with E-state index in [1.54, 1.807) is 0 Å². The number of nitrogens with one attached hydrogen (secondary N) is 1. The van der Waals surface area contributed by atoms with Crippen molar-refractivity contribution in [2.45, 2.75) is 43.7 Å². The Balaban J connectivity index is 2.05. The summed E-state index contributed by atoms with van der Waals surface area (Å²) in [7, 11) is 1.04. The number of ether oxygens (including phenoxy) is 2. The number of aliphatic hydroxyl groups is 1. The van der Waals surface area contributed by atoms with Crippen LogP contribution in [0.1, 0.15) is 37.1 Å². The summed E-state index contributed by atoms with van der Waals surface area (Å²) in [5, 5.41) is 11.7. The van der Waals surface area contributed by atoms with E-state index in [1.807, 2.05) is 0 Å². The molecule has 0 aliphatic carbocycles. The lowest BCUT2D eigenvalue weighted by molar-refractivity contribution is -0.272. The van der Waals surface area contributed by atoms with Crippen LogP contribution in [0.2, 0.25) is 0 Å². The van der Waals surface area contributed by atoms with E-state index in [0.29, 0.717) is 0 Å². The highest BCUT2D eigenvalue weighted by Gasteiger charge is 2.65. The highest BCUT2D eigenvalue weighted by Crippen LogP contribution is 2.55. The number of alkyl halides is 3. The molecule has 2 aromatic rings. The minimum absolute atomic E-state index is 0.139. The first kappa shape index (κ1) is 25.8. The molecule has 7 nitrogen and oxygen atoms in total. The molecule has 1 amide bonds. The van der Waals surface area contributed by atoms with Crippen molar-refractivity contribution < 1.29 is 41.3 Å². The van der Waals surface area contributed by atoms with E-state index in [9.17, 15) is 31.9 Å². The van der Waals surface area contributed by atoms with Crippen LogP contribution in [0.15, 0.2) is 30.5 Å². The van der Waals surface area contributed by atoms with E-state index < -0.39 is 65.7 Å². The van der Waals surface area contributed by atoms with Crippen LogP contribution in [0.4, 0.5) is 27.6 Å². The Bertz CT molecular complexity index is 1070. The van der Waals surface area contributed by atoms with Gasteiger partial charge in [0, 0.05) is 29.3 Å². The highest BCUT2D eigenvalue weighted by molar-refractivity contribution is 5.95. The molecule has 34 heavy (non-hydrogen) atoms. The Morgan fingerprint density at radius 3 is 2.62 bits per heavy atom. The van der Waals surface area contributed by atoms with Crippen molar-refractivity contribution in [3.63, 3.8) is 0 Å². The Kier molecular flexibility index (Phi) is 7.15. The monoisotopic (exact) mass is 489 g/mol. The van der Waals surface area contributed by atoms with Crippen LogP contribution >= 0.6 is 0 Å². The van der Waals surface area contributed by atoms with Gasteiger partial charge in [0.1, 0.15) is 6.10 Å². The summed E-state index contributed by atoms with van der Waals surface area (Å²) in [6.45, 7) is 1.60. The van der Waals surface area contributed by atoms with Gasteiger partial charge in [-0.2, -0.15) is 17.6 Å². The van der Waals surface area contributed by atoms with Gasteiger partial charge in [0.2, 0.25) is 5.82 Å². The fourth-order valence-electron chi connectivity index (χ4n) is 4.08. The second-order valence-corrected chi connectivity index (χ2v) is 8.19. The van der Waals surface area contributed by atoms with Crippen LogP contribution in [0, 0.1) is 17.6 Å². The van der Waals surface area contributed by atoms with Gasteiger partial charge in [-0.15, -0.1) is 0 Å². The molecule has 1 aromatic carbocycles. The topological polar surface area (TPSA) is 107 Å². The number of carbonyl (C=O) groups is 1. The molecule has 186 valence electrons. The van der Waals surface area contributed by atoms with Crippen LogP contribution in [0.5, 0.6) is 5.75 Å². The van der Waals surface area contributed by atoms with Crippen molar-refractivity contribution in [3.8, 4) is 5.75 Å². The number of benzene rings is 1. The van der Waals surface area contributed by atoms with E-state index in [-0.39, 0.29) is 16.9 Å². The third-order valence-corrected chi connectivity index (χ3v) is 6.20. The minimum atomic E-state index is -4.87. The molecule has 4 N–H and O–H groups in total. The predicted octanol–water partition coefficient (Wildman–Crippen LogP) is 3.44. The zero-order valence-electron chi connectivity index (χ0n) is 18.5. The summed E-state index contributed by atoms with van der Waals surface area (Å²) in [6, 6.07) is 3.72. The molecule has 5 atom stereocenters. The number of methoxy groups -OCH3 is 1. The summed E-state index contributed by atoms with van der Waals surface area (Å²) in [5.41, 5.74) is 3.20. The fourth-order valence-corrected chi connectivity index (χ4v) is 4.08. The standard InChI is InChI=1S/C22H24F5N3O4/c1-10-16(12-4-5-13(23)17(24)18(12)33-3)19(34-21(10,2)22(25,26)27)20(32)30-11-6-7-29-15(8-11)14(28)9-31/h4-8,10,14,16,19,31H,9,28H2,1-3H3,(H,29,30,32)/t10-,14?,16-,19+,21+/m1/s1. The maximum atomic E-state index is 14.4. The number of aliphatic hydroxyl groups excluding tert-OH is 1. The zero-order valence-corrected chi connectivity index (χ0v) is 18.5. The molecule has 1 aromatic heterocycles. The van der Waals surface area contributed by atoms with Crippen LogP contribution in [0.25, 0.3) is 0 Å². The number of pyridine rings is 1. The lowest BCUT2D eigenvalue weighted by Gasteiger charge is -2.32. The Hall–Kier alpha value is -2.83. The lowest BCUT2D eigenvalue weighted by Crippen LogP contribution is -2.47. The molecule has 2 heterocycles. The first-order valence-electron chi connectivity index (χ1n) is 10.2. The molecule has 3 rings (SSSR count). The largest absolute Gasteiger partial charge is 0.493 e. The Morgan fingerprint density at radius 1 is 1.35 bits per heavy atom. The molecule has 0 radical (unpaired) electrons. The van der Waals surface area contributed by atoms with Gasteiger partial charge >= 0.3 is 6.18 Å². The molecule has 0 spiro atoms. The molecule has 0 saturated carbocycles. The number of hydrogen-bond donors (Lipinski definition) is 3. The van der Waals surface area contributed by atoms with E-state index >= 15 is 0 Å². The Labute approximate surface area is 192 Å². The summed E-state index contributed by atoms with van der Waals surface area (Å²) < 4.78 is 80.4. The first-order chi connectivity index (χ1) is 15.9. The number of anilines is 1. The van der Waals surface area contributed by atoms with Gasteiger partial charge in [-0.1, -0.05) is 13.0 Å². The van der Waals surface area contributed by atoms with Crippen LogP contribution in [0.3, 0.4) is 0 Å². The molecule has 1 aliphatic rings. The summed E-state index contributed by atoms with van der Waals surface area (Å²) in [6.07, 6.45) is -5.30. The van der Waals surface area contributed by atoms with Crippen LogP contribution < -0.4 is 15.8 Å². The van der Waals surface area contributed by atoms with Crippen molar-refractivity contribution in [2.24, 2.45) is 11.7 Å². The quantitative estimate of drug-likeness (QED) is 0.537. The molecule has 1 saturated heterocycles. The summed E-state index contributed by atoms with van der Waals surface area (Å²) >= 11 is 0. The molecule has 1 aliphatic heterocycles. The highest BCUT2D eigenvalue weighted by atomic mass is 19.4. The molecule has 12 heteroatoms. The maximum Gasteiger partial charge on any atom is 0.417 e. The van der Waals surface area contributed by atoms with Gasteiger partial charge in [0.15, 0.2) is 17.2 Å². The number of carbonyl (C=O) groups excluding carboxylic acids is 1. The van der Waals surface area contributed by atoms with E-state index in [4.69, 9.17) is 15.2 Å². The third-order valence-electron chi connectivity index (χ3n) is 6.20. The van der Waals surface area contributed by atoms with E-state index in [0.717, 1.165) is 26.2 Å². The summed E-state index contributed by atoms with van der Waals surface area (Å²) in [5.74, 6) is -6.91. The van der Waals surface area contributed by atoms with Crippen molar-refractivity contribution >= 4 is 11.6 Å². The molecular weight excluding hydrogens is 465 g/mol. The third kappa shape index (κ3) is 4.44.